The Hall–Kier alpha value is -2.82. The predicted octanol–water partition coefficient (Wildman–Crippen LogP) is 2.74. The van der Waals surface area contributed by atoms with Gasteiger partial charge in [0.1, 0.15) is 5.75 Å². The van der Waals surface area contributed by atoms with Crippen LogP contribution >= 0.6 is 0 Å². The summed E-state index contributed by atoms with van der Waals surface area (Å²) < 4.78 is 5.47. The molecule has 0 heterocycles. The van der Waals surface area contributed by atoms with E-state index in [0.717, 1.165) is 11.1 Å². The fourth-order valence-electron chi connectivity index (χ4n) is 2.21. The molecule has 0 unspecified atom stereocenters. The van der Waals surface area contributed by atoms with E-state index in [1.54, 1.807) is 18.2 Å². The van der Waals surface area contributed by atoms with Crippen LogP contribution in [-0.2, 0) is 11.2 Å². The number of benzene rings is 2. The second-order valence-electron chi connectivity index (χ2n) is 5.64. The SMILES string of the molecule is Cc1ccc(OCC(=O)NCCc2cccc(C(=O)O)c2)cc1C. The molecule has 0 radical (unpaired) electrons. The Balaban J connectivity index is 1.76. The third-order valence-corrected chi connectivity index (χ3v) is 3.76. The molecule has 0 saturated heterocycles. The zero-order valence-corrected chi connectivity index (χ0v) is 13.8. The van der Waals surface area contributed by atoms with Gasteiger partial charge in [-0.2, -0.15) is 0 Å². The molecule has 126 valence electrons. The molecule has 0 saturated carbocycles. The van der Waals surface area contributed by atoms with Crippen LogP contribution in [0.5, 0.6) is 5.75 Å². The van der Waals surface area contributed by atoms with Gasteiger partial charge in [-0.3, -0.25) is 4.79 Å². The molecule has 2 N–H and O–H groups in total. The van der Waals surface area contributed by atoms with Gasteiger partial charge in [0.25, 0.3) is 5.91 Å². The topological polar surface area (TPSA) is 75.6 Å². The molecule has 24 heavy (non-hydrogen) atoms. The summed E-state index contributed by atoms with van der Waals surface area (Å²) in [6, 6.07) is 12.4. The van der Waals surface area contributed by atoms with Gasteiger partial charge >= 0.3 is 5.97 Å². The minimum atomic E-state index is -0.956. The zero-order chi connectivity index (χ0) is 17.5. The maximum absolute atomic E-state index is 11.8. The minimum absolute atomic E-state index is 0.0440. The molecule has 2 aromatic rings. The van der Waals surface area contributed by atoms with Crippen molar-refractivity contribution in [2.75, 3.05) is 13.2 Å². The second-order valence-corrected chi connectivity index (χ2v) is 5.64. The lowest BCUT2D eigenvalue weighted by atomic mass is 10.1. The lowest BCUT2D eigenvalue weighted by molar-refractivity contribution is -0.123. The minimum Gasteiger partial charge on any atom is -0.484 e. The molecule has 2 aromatic carbocycles. The summed E-state index contributed by atoms with van der Waals surface area (Å²) in [5, 5.41) is 11.7. The Kier molecular flexibility index (Phi) is 5.95. The van der Waals surface area contributed by atoms with E-state index >= 15 is 0 Å². The molecule has 5 heteroatoms. The van der Waals surface area contributed by atoms with Crippen LogP contribution in [0, 0.1) is 13.8 Å². The molecule has 0 bridgehead atoms. The highest BCUT2D eigenvalue weighted by molar-refractivity contribution is 5.87. The molecule has 0 spiro atoms. The van der Waals surface area contributed by atoms with Gasteiger partial charge in [0.2, 0.25) is 0 Å². The normalized spacial score (nSPS) is 10.2. The van der Waals surface area contributed by atoms with E-state index in [0.29, 0.717) is 18.7 Å². The summed E-state index contributed by atoms with van der Waals surface area (Å²) in [7, 11) is 0. The number of aromatic carboxylic acids is 1. The van der Waals surface area contributed by atoms with Gasteiger partial charge in [0, 0.05) is 6.54 Å². The first kappa shape index (κ1) is 17.5. The van der Waals surface area contributed by atoms with Crippen molar-refractivity contribution in [1.82, 2.24) is 5.32 Å². The largest absolute Gasteiger partial charge is 0.484 e. The first-order valence-corrected chi connectivity index (χ1v) is 7.74. The van der Waals surface area contributed by atoms with Crippen molar-refractivity contribution in [3.63, 3.8) is 0 Å². The number of nitrogens with one attached hydrogen (secondary N) is 1. The first-order chi connectivity index (χ1) is 11.5. The Morgan fingerprint density at radius 2 is 1.88 bits per heavy atom. The van der Waals surface area contributed by atoms with E-state index < -0.39 is 5.97 Å². The lowest BCUT2D eigenvalue weighted by Crippen LogP contribution is -2.30. The van der Waals surface area contributed by atoms with Crippen molar-refractivity contribution in [2.45, 2.75) is 20.3 Å². The van der Waals surface area contributed by atoms with Crippen LogP contribution in [0.3, 0.4) is 0 Å². The fourth-order valence-corrected chi connectivity index (χ4v) is 2.21. The highest BCUT2D eigenvalue weighted by Gasteiger charge is 2.05. The molecular formula is C19H21NO4. The van der Waals surface area contributed by atoms with Crippen molar-refractivity contribution in [3.8, 4) is 5.75 Å². The Morgan fingerprint density at radius 1 is 1.08 bits per heavy atom. The number of carbonyl (C=O) groups is 2. The van der Waals surface area contributed by atoms with Crippen LogP contribution in [0.1, 0.15) is 27.0 Å². The molecule has 0 aliphatic carbocycles. The van der Waals surface area contributed by atoms with E-state index in [4.69, 9.17) is 9.84 Å². The van der Waals surface area contributed by atoms with Crippen LogP contribution in [0.15, 0.2) is 42.5 Å². The van der Waals surface area contributed by atoms with Crippen LogP contribution in [-0.4, -0.2) is 30.1 Å². The quantitative estimate of drug-likeness (QED) is 0.820. The highest BCUT2D eigenvalue weighted by Crippen LogP contribution is 2.16. The summed E-state index contributed by atoms with van der Waals surface area (Å²) in [6.45, 7) is 4.40. The van der Waals surface area contributed by atoms with E-state index in [1.165, 1.54) is 5.56 Å². The summed E-state index contributed by atoms with van der Waals surface area (Å²) in [5.74, 6) is -0.493. The van der Waals surface area contributed by atoms with Crippen LogP contribution < -0.4 is 10.1 Å². The van der Waals surface area contributed by atoms with E-state index in [2.05, 4.69) is 5.32 Å². The average Bonchev–Trinajstić information content (AvgIpc) is 2.56. The number of aryl methyl sites for hydroxylation is 2. The van der Waals surface area contributed by atoms with Crippen LogP contribution in [0.25, 0.3) is 0 Å². The number of carbonyl (C=O) groups excluding carboxylic acids is 1. The smallest absolute Gasteiger partial charge is 0.335 e. The fraction of sp³-hybridized carbons (Fsp3) is 0.263. The van der Waals surface area contributed by atoms with Crippen LogP contribution in [0.2, 0.25) is 0 Å². The number of hydrogen-bond donors (Lipinski definition) is 2. The van der Waals surface area contributed by atoms with Gasteiger partial charge in [-0.05, 0) is 61.2 Å². The molecule has 2 rings (SSSR count). The number of amides is 1. The Morgan fingerprint density at radius 3 is 2.58 bits per heavy atom. The van der Waals surface area contributed by atoms with Gasteiger partial charge in [0.15, 0.2) is 6.61 Å². The summed E-state index contributed by atoms with van der Waals surface area (Å²) in [4.78, 5) is 22.7. The molecule has 0 aromatic heterocycles. The Bertz CT molecular complexity index is 740. The van der Waals surface area contributed by atoms with Gasteiger partial charge in [-0.1, -0.05) is 18.2 Å². The van der Waals surface area contributed by atoms with Crippen molar-refractivity contribution < 1.29 is 19.4 Å². The maximum Gasteiger partial charge on any atom is 0.335 e. The maximum atomic E-state index is 11.8. The summed E-state index contributed by atoms with van der Waals surface area (Å²) in [6.07, 6.45) is 0.566. The van der Waals surface area contributed by atoms with E-state index in [9.17, 15) is 9.59 Å². The molecule has 5 nitrogen and oxygen atoms in total. The van der Waals surface area contributed by atoms with Gasteiger partial charge in [-0.25, -0.2) is 4.79 Å². The first-order valence-electron chi connectivity index (χ1n) is 7.74. The average molecular weight is 327 g/mol. The van der Waals surface area contributed by atoms with Crippen molar-refractivity contribution in [1.29, 1.82) is 0 Å². The van der Waals surface area contributed by atoms with E-state index in [1.807, 2.05) is 38.1 Å². The van der Waals surface area contributed by atoms with Gasteiger partial charge in [0.05, 0.1) is 5.56 Å². The van der Waals surface area contributed by atoms with Crippen LogP contribution in [0.4, 0.5) is 0 Å². The Labute approximate surface area is 141 Å². The third-order valence-electron chi connectivity index (χ3n) is 3.76. The van der Waals surface area contributed by atoms with Gasteiger partial charge < -0.3 is 15.2 Å². The zero-order valence-electron chi connectivity index (χ0n) is 13.8. The number of ether oxygens (including phenoxy) is 1. The standard InChI is InChI=1S/C19H21NO4/c1-13-6-7-17(10-14(13)2)24-12-18(21)20-9-8-15-4-3-5-16(11-15)19(22)23/h3-7,10-11H,8-9,12H2,1-2H3,(H,20,21)(H,22,23). The number of carboxylic acids is 1. The molecule has 0 fully saturated rings. The van der Waals surface area contributed by atoms with E-state index in [-0.39, 0.29) is 18.1 Å². The number of rotatable bonds is 7. The summed E-state index contributed by atoms with van der Waals surface area (Å²) >= 11 is 0. The number of hydrogen-bond acceptors (Lipinski definition) is 3. The lowest BCUT2D eigenvalue weighted by Gasteiger charge is -2.09. The predicted molar refractivity (Wildman–Crippen MR) is 91.5 cm³/mol. The monoisotopic (exact) mass is 327 g/mol. The third kappa shape index (κ3) is 5.12. The molecule has 1 amide bonds. The molecule has 0 aliphatic rings. The molecule has 0 atom stereocenters. The second kappa shape index (κ2) is 8.15. The van der Waals surface area contributed by atoms with Crippen molar-refractivity contribution >= 4 is 11.9 Å². The van der Waals surface area contributed by atoms with Gasteiger partial charge in [-0.15, -0.1) is 0 Å². The molecular weight excluding hydrogens is 306 g/mol. The summed E-state index contributed by atoms with van der Waals surface area (Å²) in [5.41, 5.74) is 3.41. The molecule has 0 aliphatic heterocycles. The van der Waals surface area contributed by atoms with Crippen molar-refractivity contribution in [2.24, 2.45) is 0 Å². The van der Waals surface area contributed by atoms with Crippen molar-refractivity contribution in [3.05, 3.63) is 64.7 Å². The number of carboxylic acid groups (broad SMARTS) is 1. The highest BCUT2D eigenvalue weighted by atomic mass is 16.5.